The summed E-state index contributed by atoms with van der Waals surface area (Å²) in [5.41, 5.74) is 2.50. The fourth-order valence-electron chi connectivity index (χ4n) is 4.04. The van der Waals surface area contributed by atoms with Crippen LogP contribution in [0.2, 0.25) is 0 Å². The van der Waals surface area contributed by atoms with Crippen molar-refractivity contribution >= 4 is 33.4 Å². The van der Waals surface area contributed by atoms with E-state index in [1.165, 1.54) is 0 Å². The number of likely N-dealkylation sites (tertiary alicyclic amines) is 1. The molecule has 1 N–H and O–H groups in total. The maximum Gasteiger partial charge on any atom is 0.295 e. The molecule has 0 spiro atoms. The summed E-state index contributed by atoms with van der Waals surface area (Å²) in [6.45, 7) is 5.94. The van der Waals surface area contributed by atoms with E-state index < -0.39 is 17.7 Å². The van der Waals surface area contributed by atoms with Gasteiger partial charge in [0.1, 0.15) is 5.76 Å². The lowest BCUT2D eigenvalue weighted by Crippen LogP contribution is -2.42. The Balaban J connectivity index is 1.72. The summed E-state index contributed by atoms with van der Waals surface area (Å²) in [5.74, 6) is -1.36. The molecule has 2 heterocycles. The Labute approximate surface area is 190 Å². The summed E-state index contributed by atoms with van der Waals surface area (Å²) in [6, 6.07) is 14.2. The number of hydrogen-bond donors (Lipinski definition) is 1. The van der Waals surface area contributed by atoms with Crippen molar-refractivity contribution in [3.05, 3.63) is 75.3 Å². The first kappa shape index (κ1) is 21.7. The lowest BCUT2D eigenvalue weighted by molar-refractivity contribution is -0.140. The lowest BCUT2D eigenvalue weighted by Gasteiger charge is -2.31. The number of rotatable bonds is 5. The van der Waals surface area contributed by atoms with Gasteiger partial charge in [-0.15, -0.1) is 0 Å². The predicted octanol–water partition coefficient (Wildman–Crippen LogP) is 3.51. The number of nitrogens with zero attached hydrogens (tertiary/aromatic N) is 2. The largest absolute Gasteiger partial charge is 0.507 e. The Bertz CT molecular complexity index is 995. The zero-order chi connectivity index (χ0) is 22.0. The predicted molar refractivity (Wildman–Crippen MR) is 122 cm³/mol. The Morgan fingerprint density at radius 3 is 2.32 bits per heavy atom. The third-order valence-electron chi connectivity index (χ3n) is 5.81. The third kappa shape index (κ3) is 4.59. The van der Waals surface area contributed by atoms with Gasteiger partial charge in [-0.2, -0.15) is 0 Å². The Hall–Kier alpha value is -2.48. The fraction of sp³-hybridized carbons (Fsp3) is 0.333. The summed E-state index contributed by atoms with van der Waals surface area (Å²) in [7, 11) is 0. The number of amides is 1. The average Bonchev–Trinajstić information content (AvgIpc) is 3.04. The van der Waals surface area contributed by atoms with Gasteiger partial charge in [-0.05, 0) is 24.6 Å². The van der Waals surface area contributed by atoms with Crippen molar-refractivity contribution in [2.24, 2.45) is 0 Å². The molecule has 0 bridgehead atoms. The number of aryl methyl sites for hydroxylation is 1. The molecule has 162 valence electrons. The van der Waals surface area contributed by atoms with E-state index in [4.69, 9.17) is 4.74 Å². The Morgan fingerprint density at radius 1 is 1.03 bits per heavy atom. The number of halogens is 1. The summed E-state index contributed by atoms with van der Waals surface area (Å²) in [5, 5.41) is 11.1. The fourth-order valence-corrected chi connectivity index (χ4v) is 4.31. The first-order chi connectivity index (χ1) is 15.0. The zero-order valence-corrected chi connectivity index (χ0v) is 19.0. The second kappa shape index (κ2) is 9.34. The van der Waals surface area contributed by atoms with Crippen LogP contribution in [0.25, 0.3) is 5.76 Å². The molecule has 2 aromatic rings. The second-order valence-corrected chi connectivity index (χ2v) is 8.78. The van der Waals surface area contributed by atoms with Crippen molar-refractivity contribution in [3.63, 3.8) is 0 Å². The highest BCUT2D eigenvalue weighted by Crippen LogP contribution is 2.39. The van der Waals surface area contributed by atoms with Crippen LogP contribution < -0.4 is 0 Å². The molecule has 2 saturated heterocycles. The van der Waals surface area contributed by atoms with Crippen molar-refractivity contribution < 1.29 is 19.4 Å². The number of carbonyl (C=O) groups is 2. The second-order valence-electron chi connectivity index (χ2n) is 7.86. The molecule has 2 aromatic carbocycles. The van der Waals surface area contributed by atoms with Crippen molar-refractivity contribution in [3.8, 4) is 0 Å². The van der Waals surface area contributed by atoms with E-state index >= 15 is 0 Å². The van der Waals surface area contributed by atoms with Crippen LogP contribution >= 0.6 is 15.9 Å². The first-order valence-electron chi connectivity index (χ1n) is 10.4. The van der Waals surface area contributed by atoms with E-state index in [0.717, 1.165) is 28.7 Å². The standard InChI is InChI=1S/C24H25BrN2O4/c1-16-2-4-18(5-3-16)22(28)20-21(17-6-8-19(25)9-7-17)27(24(30)23(20)29)11-10-26-12-14-31-15-13-26/h2-9,21,28H,10-15H2,1H3. The van der Waals surface area contributed by atoms with Gasteiger partial charge >= 0.3 is 0 Å². The molecule has 1 amide bonds. The molecular formula is C24H25BrN2O4. The lowest BCUT2D eigenvalue weighted by atomic mass is 9.95. The number of hydrogen-bond acceptors (Lipinski definition) is 5. The van der Waals surface area contributed by atoms with Crippen LogP contribution in [0.4, 0.5) is 0 Å². The minimum atomic E-state index is -0.645. The number of morpholine rings is 1. The molecule has 7 heteroatoms. The molecular weight excluding hydrogens is 460 g/mol. The SMILES string of the molecule is Cc1ccc(C(O)=C2C(=O)C(=O)N(CCN3CCOCC3)C2c2ccc(Br)cc2)cc1. The van der Waals surface area contributed by atoms with Crippen LogP contribution in [0.1, 0.15) is 22.7 Å². The highest BCUT2D eigenvalue weighted by Gasteiger charge is 2.46. The van der Waals surface area contributed by atoms with Crippen LogP contribution in [-0.4, -0.2) is 66.0 Å². The van der Waals surface area contributed by atoms with E-state index in [9.17, 15) is 14.7 Å². The van der Waals surface area contributed by atoms with Gasteiger partial charge in [-0.3, -0.25) is 14.5 Å². The highest BCUT2D eigenvalue weighted by atomic mass is 79.9. The van der Waals surface area contributed by atoms with Crippen molar-refractivity contribution in [2.45, 2.75) is 13.0 Å². The van der Waals surface area contributed by atoms with Crippen molar-refractivity contribution in [1.29, 1.82) is 0 Å². The highest BCUT2D eigenvalue weighted by molar-refractivity contribution is 9.10. The Kier molecular flexibility index (Phi) is 6.55. The number of carbonyl (C=O) groups excluding carboxylic acids is 2. The minimum Gasteiger partial charge on any atom is -0.507 e. The number of ketones is 1. The van der Waals surface area contributed by atoms with Crippen LogP contribution in [0.15, 0.2) is 58.6 Å². The molecule has 0 saturated carbocycles. The van der Waals surface area contributed by atoms with Gasteiger partial charge in [0.15, 0.2) is 0 Å². The van der Waals surface area contributed by atoms with E-state index in [-0.39, 0.29) is 11.3 Å². The quantitative estimate of drug-likeness (QED) is 0.399. The van der Waals surface area contributed by atoms with Crippen LogP contribution in [0.3, 0.4) is 0 Å². The van der Waals surface area contributed by atoms with Crippen LogP contribution in [-0.2, 0) is 14.3 Å². The van der Waals surface area contributed by atoms with Gasteiger partial charge in [-0.1, -0.05) is 57.9 Å². The van der Waals surface area contributed by atoms with Gasteiger partial charge in [0.2, 0.25) is 0 Å². The van der Waals surface area contributed by atoms with E-state index in [1.54, 1.807) is 17.0 Å². The topological polar surface area (TPSA) is 70.1 Å². The molecule has 2 aliphatic heterocycles. The molecule has 0 aliphatic carbocycles. The molecule has 4 rings (SSSR count). The Morgan fingerprint density at radius 2 is 1.68 bits per heavy atom. The summed E-state index contributed by atoms with van der Waals surface area (Å²) in [6.07, 6.45) is 0. The number of ether oxygens (including phenoxy) is 1. The monoisotopic (exact) mass is 484 g/mol. The third-order valence-corrected chi connectivity index (χ3v) is 6.34. The molecule has 2 aliphatic rings. The number of aliphatic hydroxyl groups is 1. The minimum absolute atomic E-state index is 0.137. The number of benzene rings is 2. The van der Waals surface area contributed by atoms with Crippen molar-refractivity contribution in [1.82, 2.24) is 9.80 Å². The van der Waals surface area contributed by atoms with Gasteiger partial charge < -0.3 is 14.7 Å². The first-order valence-corrected chi connectivity index (χ1v) is 11.2. The molecule has 0 aromatic heterocycles. The maximum absolute atomic E-state index is 13.0. The molecule has 1 unspecified atom stereocenters. The number of Topliss-reactive ketones (excluding diaryl/α,β-unsaturated/α-hetero) is 1. The van der Waals surface area contributed by atoms with Crippen LogP contribution in [0, 0.1) is 6.92 Å². The van der Waals surface area contributed by atoms with Gasteiger partial charge in [0, 0.05) is 36.2 Å². The van der Waals surface area contributed by atoms with Crippen LogP contribution in [0.5, 0.6) is 0 Å². The van der Waals surface area contributed by atoms with Gasteiger partial charge in [0.25, 0.3) is 11.7 Å². The van der Waals surface area contributed by atoms with Gasteiger partial charge in [0.05, 0.1) is 24.8 Å². The molecule has 0 radical (unpaired) electrons. The molecule has 2 fully saturated rings. The average molecular weight is 485 g/mol. The van der Waals surface area contributed by atoms with Crippen molar-refractivity contribution in [2.75, 3.05) is 39.4 Å². The normalized spacial score (nSPS) is 21.6. The summed E-state index contributed by atoms with van der Waals surface area (Å²) in [4.78, 5) is 29.9. The van der Waals surface area contributed by atoms with E-state index in [2.05, 4.69) is 20.8 Å². The molecule has 6 nitrogen and oxygen atoms in total. The van der Waals surface area contributed by atoms with E-state index in [0.29, 0.717) is 31.9 Å². The molecule has 1 atom stereocenters. The van der Waals surface area contributed by atoms with E-state index in [1.807, 2.05) is 43.3 Å². The summed E-state index contributed by atoms with van der Waals surface area (Å²) < 4.78 is 6.30. The maximum atomic E-state index is 13.0. The van der Waals surface area contributed by atoms with Gasteiger partial charge in [-0.25, -0.2) is 0 Å². The zero-order valence-electron chi connectivity index (χ0n) is 17.4. The smallest absolute Gasteiger partial charge is 0.295 e. The summed E-state index contributed by atoms with van der Waals surface area (Å²) >= 11 is 3.44. The number of aliphatic hydroxyl groups excluding tert-OH is 1. The molecule has 31 heavy (non-hydrogen) atoms.